The second-order valence-electron chi connectivity index (χ2n) is 19.2. The lowest BCUT2D eigenvalue weighted by atomic mass is 10.0. The molecule has 0 bridgehead atoms. The number of nitrogens with one attached hydrogen (secondary N) is 1. The van der Waals surface area contributed by atoms with Crippen LogP contribution < -0.4 is 24.3 Å². The van der Waals surface area contributed by atoms with E-state index in [2.05, 4.69) is 60.0 Å². The van der Waals surface area contributed by atoms with Gasteiger partial charge in [0, 0.05) is 108 Å². The maximum absolute atomic E-state index is 14.6. The highest BCUT2D eigenvalue weighted by atomic mass is 127. The van der Waals surface area contributed by atoms with Gasteiger partial charge in [-0.2, -0.15) is 10.5 Å². The van der Waals surface area contributed by atoms with E-state index in [1.807, 2.05) is 4.93 Å². The average molecular weight is 1300 g/mol. The molecule has 0 radical (unpaired) electrons. The Morgan fingerprint density at radius 2 is 1.10 bits per heavy atom. The van der Waals surface area contributed by atoms with Crippen molar-refractivity contribution in [3.8, 4) is 80.0 Å². The van der Waals surface area contributed by atoms with Gasteiger partial charge in [0.1, 0.15) is 69.1 Å². The number of carbonyl (C=O) groups excluding carboxylic acids is 2. The number of piperidine rings is 2. The normalized spacial score (nSPS) is 15.9. The number of rotatable bonds is 12. The molecule has 2 fully saturated rings. The van der Waals surface area contributed by atoms with Crippen LogP contribution in [-0.4, -0.2) is 151 Å². The summed E-state index contributed by atoms with van der Waals surface area (Å²) in [4.78, 5) is 48.4. The number of nitriles is 2. The Kier molecular flexibility index (Phi) is 21.3. The predicted molar refractivity (Wildman–Crippen MR) is 317 cm³/mol. The molecule has 2 atom stereocenters. The lowest BCUT2D eigenvalue weighted by Crippen LogP contribution is -2.52. The van der Waals surface area contributed by atoms with Crippen molar-refractivity contribution in [2.24, 2.45) is 0 Å². The van der Waals surface area contributed by atoms with Gasteiger partial charge in [-0.25, -0.2) is 17.6 Å². The fourth-order valence-corrected chi connectivity index (χ4v) is 9.14. The molecule has 2 saturated heterocycles. The number of carbonyl (C=O) groups is 2. The van der Waals surface area contributed by atoms with Gasteiger partial charge in [-0.1, -0.05) is 34.7 Å². The molecule has 0 aliphatic carbocycles. The standard InChI is InChI=1S/C29H27F2N5O4.C28H25F2N5O4.CH3I.2ClH/c1-35(2)28(37)22-13-24(38-4)20(15-34-22)25-12-21-27(40-25)19(7-9-33-21)17-5-6-23(18(11-17)14-32)39-26-8-10-36(3)16-29(26,30)31;1-35(2)27(36)21-12-23(37-3)19(14-34-21)24-11-20-26(39-24)18(6-9-33-20)16-4-5-22(17(10-16)13-31)38-25-7-8-32-15-28(25,29)30;1-2;;/h5-7,9,11-13,15,26H,8,10,16H2,1-4H3;4-6,9-12,14,25,32H,7-8,15H2,1-3H3;1H3;2*1H. The van der Waals surface area contributed by atoms with Crippen LogP contribution in [0.3, 0.4) is 0 Å². The summed E-state index contributed by atoms with van der Waals surface area (Å²) in [6, 6.07) is 23.8. The SMILES string of the molecule is CI.COc1cc(C(=O)N(C)C)ncc1-c1cc2nccc(-c3ccc(OC4CCN(C)CC4(F)F)c(C#N)c3)c2o1.COc1cc(C(=O)N(C)C)ncc1-c1cc2nccc(-c3ccc(OC4CCNCC4(F)F)c(C#N)c3)c2o1.Cl.Cl. The van der Waals surface area contributed by atoms with Crippen molar-refractivity contribution in [2.75, 3.05) is 80.6 Å². The zero-order valence-corrected chi connectivity index (χ0v) is 49.9. The number of furan rings is 2. The van der Waals surface area contributed by atoms with Crippen LogP contribution in [0.2, 0.25) is 0 Å². The van der Waals surface area contributed by atoms with E-state index in [1.54, 1.807) is 113 Å². The number of nitrogens with zero attached hydrogens (tertiary/aromatic N) is 9. The minimum Gasteiger partial charge on any atom is -0.496 e. The number of likely N-dealkylation sites (tertiary alicyclic amines) is 1. The Morgan fingerprint density at radius 3 is 1.49 bits per heavy atom. The molecule has 0 saturated carbocycles. The number of halogens is 7. The second kappa shape index (κ2) is 27.5. The monoisotopic (exact) mass is 1290 g/mol. The number of alkyl halides is 5. The Bertz CT molecular complexity index is 3720. The van der Waals surface area contributed by atoms with Crippen LogP contribution in [0.4, 0.5) is 17.6 Å². The van der Waals surface area contributed by atoms with E-state index in [4.69, 9.17) is 27.8 Å². The van der Waals surface area contributed by atoms with Gasteiger partial charge in [0.05, 0.1) is 49.6 Å². The Morgan fingerprint density at radius 1 is 0.651 bits per heavy atom. The largest absolute Gasteiger partial charge is 0.496 e. The summed E-state index contributed by atoms with van der Waals surface area (Å²) in [5.74, 6) is -4.75. The first-order valence-electron chi connectivity index (χ1n) is 25.1. The number of hydrogen-bond donors (Lipinski definition) is 1. The molecule has 83 heavy (non-hydrogen) atoms. The Balaban J connectivity index is 0.000000253. The molecular formula is C58H57Cl2F4IN10O8. The number of ether oxygens (including phenoxy) is 4. The number of pyridine rings is 4. The quantitative estimate of drug-likeness (QED) is 0.0683. The molecule has 2 aliphatic heterocycles. The van der Waals surface area contributed by atoms with Crippen LogP contribution in [0, 0.1) is 22.7 Å². The first kappa shape index (κ1) is 64.4. The summed E-state index contributed by atoms with van der Waals surface area (Å²) in [6.07, 6.45) is 3.87. The maximum atomic E-state index is 14.6. The molecule has 10 rings (SSSR count). The maximum Gasteiger partial charge on any atom is 0.296 e. The summed E-state index contributed by atoms with van der Waals surface area (Å²) in [6.45, 7) is 0.0149. The molecule has 1 N–H and O–H groups in total. The molecule has 6 aromatic heterocycles. The van der Waals surface area contributed by atoms with E-state index in [1.165, 1.54) is 48.5 Å². The average Bonchev–Trinajstić information content (AvgIpc) is 4.21. The minimum absolute atomic E-state index is 0. The van der Waals surface area contributed by atoms with Gasteiger partial charge >= 0.3 is 0 Å². The van der Waals surface area contributed by atoms with E-state index in [-0.39, 0.29) is 83.5 Å². The van der Waals surface area contributed by atoms with Gasteiger partial charge in [0.15, 0.2) is 23.4 Å². The van der Waals surface area contributed by atoms with Crippen LogP contribution >= 0.6 is 47.4 Å². The van der Waals surface area contributed by atoms with Crippen molar-refractivity contribution in [1.82, 2.24) is 40.0 Å². The molecular weight excluding hydrogens is 1240 g/mol. The lowest BCUT2D eigenvalue weighted by molar-refractivity contribution is -0.135. The van der Waals surface area contributed by atoms with E-state index in [0.29, 0.717) is 91.7 Å². The lowest BCUT2D eigenvalue weighted by Gasteiger charge is -2.36. The molecule has 8 heterocycles. The summed E-state index contributed by atoms with van der Waals surface area (Å²) in [5, 5.41) is 22.2. The number of amides is 2. The molecule has 2 unspecified atom stereocenters. The van der Waals surface area contributed by atoms with Crippen LogP contribution in [-0.2, 0) is 0 Å². The van der Waals surface area contributed by atoms with E-state index < -0.39 is 37.1 Å². The van der Waals surface area contributed by atoms with Gasteiger partial charge in [0.2, 0.25) is 0 Å². The van der Waals surface area contributed by atoms with Crippen molar-refractivity contribution < 1.29 is 54.9 Å². The van der Waals surface area contributed by atoms with Crippen LogP contribution in [0.1, 0.15) is 44.9 Å². The smallest absolute Gasteiger partial charge is 0.296 e. The zero-order chi connectivity index (χ0) is 58.3. The molecule has 2 aromatic carbocycles. The van der Waals surface area contributed by atoms with E-state index >= 15 is 0 Å². The van der Waals surface area contributed by atoms with Crippen LogP contribution in [0.25, 0.3) is 67.1 Å². The van der Waals surface area contributed by atoms with Crippen molar-refractivity contribution in [3.05, 3.63) is 120 Å². The highest BCUT2D eigenvalue weighted by molar-refractivity contribution is 14.1. The zero-order valence-electron chi connectivity index (χ0n) is 46.1. The van der Waals surface area contributed by atoms with E-state index in [0.717, 1.165) is 0 Å². The van der Waals surface area contributed by atoms with Crippen LogP contribution in [0.15, 0.2) is 106 Å². The van der Waals surface area contributed by atoms with Crippen molar-refractivity contribution in [3.63, 3.8) is 0 Å². The fourth-order valence-electron chi connectivity index (χ4n) is 9.14. The van der Waals surface area contributed by atoms with E-state index in [9.17, 15) is 37.7 Å². The third kappa shape index (κ3) is 14.0. The van der Waals surface area contributed by atoms with Crippen molar-refractivity contribution in [1.29, 1.82) is 10.5 Å². The fraction of sp³-hybridized carbons (Fsp3) is 0.310. The second-order valence-corrected chi connectivity index (χ2v) is 19.2. The van der Waals surface area contributed by atoms with Gasteiger partial charge in [-0.3, -0.25) is 29.5 Å². The molecule has 25 heteroatoms. The highest BCUT2D eigenvalue weighted by Gasteiger charge is 2.46. The third-order valence-corrected chi connectivity index (χ3v) is 13.3. The summed E-state index contributed by atoms with van der Waals surface area (Å²) in [5.41, 5.74) is 6.32. The summed E-state index contributed by atoms with van der Waals surface area (Å²) >= 11 is 2.15. The summed E-state index contributed by atoms with van der Waals surface area (Å²) < 4.78 is 92.3. The number of methoxy groups -OCH3 is 2. The summed E-state index contributed by atoms with van der Waals surface area (Å²) in [7, 11) is 11.2. The predicted octanol–water partition coefficient (Wildman–Crippen LogP) is 11.3. The number of benzene rings is 2. The Labute approximate surface area is 501 Å². The molecule has 2 amide bonds. The first-order valence-corrected chi connectivity index (χ1v) is 27.2. The van der Waals surface area contributed by atoms with Gasteiger partial charge in [0.25, 0.3) is 23.7 Å². The van der Waals surface area contributed by atoms with Crippen molar-refractivity contribution >= 4 is 81.4 Å². The number of fused-ring (bicyclic) bond motifs is 2. The Hall–Kier alpha value is -7.81. The molecule has 18 nitrogen and oxygen atoms in total. The minimum atomic E-state index is -3.04. The van der Waals surface area contributed by atoms with Crippen molar-refractivity contribution in [2.45, 2.75) is 36.9 Å². The first-order chi connectivity index (χ1) is 38.8. The number of hydrogen-bond acceptors (Lipinski definition) is 16. The molecule has 2 aliphatic rings. The highest BCUT2D eigenvalue weighted by Crippen LogP contribution is 2.41. The topological polar surface area (TPSA) is 218 Å². The molecule has 0 spiro atoms. The van der Waals surface area contributed by atoms with Gasteiger partial charge in [-0.15, -0.1) is 24.8 Å². The number of aromatic nitrogens is 4. The molecule has 8 aromatic rings. The molecule has 436 valence electrons. The third-order valence-electron chi connectivity index (χ3n) is 13.3. The van der Waals surface area contributed by atoms with Gasteiger partial charge < -0.3 is 47.8 Å². The van der Waals surface area contributed by atoms with Gasteiger partial charge in [-0.05, 0) is 66.0 Å². The van der Waals surface area contributed by atoms with Crippen LogP contribution in [0.5, 0.6) is 23.0 Å².